The number of amides is 2. The van der Waals surface area contributed by atoms with Crippen molar-refractivity contribution in [2.24, 2.45) is 11.7 Å². The quantitative estimate of drug-likeness (QED) is 0.866. The van der Waals surface area contributed by atoms with Gasteiger partial charge in [-0.05, 0) is 43.9 Å². The van der Waals surface area contributed by atoms with Crippen LogP contribution >= 0.6 is 0 Å². The minimum Gasteiger partial charge on any atom is -0.355 e. The van der Waals surface area contributed by atoms with E-state index >= 15 is 0 Å². The summed E-state index contributed by atoms with van der Waals surface area (Å²) in [6.45, 7) is 2.54. The first-order valence-corrected chi connectivity index (χ1v) is 8.68. The molecule has 1 fully saturated rings. The molecule has 1 saturated carbocycles. The maximum Gasteiger partial charge on any atom is 0.253 e. The molecule has 1 aromatic carbocycles. The van der Waals surface area contributed by atoms with Crippen LogP contribution in [0, 0.1) is 5.92 Å². The molecule has 0 aliphatic heterocycles. The molecule has 1 aromatic rings. The normalized spacial score (nSPS) is 23.6. The molecule has 132 valence electrons. The highest BCUT2D eigenvalue weighted by molar-refractivity contribution is 5.94. The topological polar surface area (TPSA) is 75.4 Å². The van der Waals surface area contributed by atoms with Crippen LogP contribution in [0.25, 0.3) is 0 Å². The molecule has 5 nitrogen and oxygen atoms in total. The van der Waals surface area contributed by atoms with Gasteiger partial charge in [-0.2, -0.15) is 0 Å². The Morgan fingerprint density at radius 2 is 2.08 bits per heavy atom. The van der Waals surface area contributed by atoms with Crippen LogP contribution in [-0.4, -0.2) is 42.9 Å². The summed E-state index contributed by atoms with van der Waals surface area (Å²) in [5.41, 5.74) is 7.60. The van der Waals surface area contributed by atoms with Crippen LogP contribution in [0.4, 0.5) is 0 Å². The Labute approximate surface area is 144 Å². The van der Waals surface area contributed by atoms with Gasteiger partial charge in [0.2, 0.25) is 5.91 Å². The average molecular weight is 331 g/mol. The number of benzene rings is 1. The largest absolute Gasteiger partial charge is 0.355 e. The zero-order valence-electron chi connectivity index (χ0n) is 15.0. The van der Waals surface area contributed by atoms with E-state index in [9.17, 15) is 9.59 Å². The predicted octanol–water partition coefficient (Wildman–Crippen LogP) is 1.95. The lowest BCUT2D eigenvalue weighted by molar-refractivity contribution is -0.128. The van der Waals surface area contributed by atoms with Crippen molar-refractivity contribution >= 4 is 11.8 Å². The lowest BCUT2D eigenvalue weighted by atomic mass is 9.74. The van der Waals surface area contributed by atoms with Crippen molar-refractivity contribution in [3.8, 4) is 0 Å². The van der Waals surface area contributed by atoms with Crippen molar-refractivity contribution in [2.45, 2.75) is 44.6 Å². The number of rotatable bonds is 5. The molecular formula is C19H29N3O2. The van der Waals surface area contributed by atoms with Crippen molar-refractivity contribution in [3.05, 3.63) is 35.4 Å². The second-order valence-electron chi connectivity index (χ2n) is 7.25. The molecule has 0 spiro atoms. The molecular weight excluding hydrogens is 302 g/mol. The van der Waals surface area contributed by atoms with Gasteiger partial charge in [0, 0.05) is 31.7 Å². The molecule has 1 aliphatic rings. The zero-order valence-corrected chi connectivity index (χ0v) is 15.0. The minimum absolute atomic E-state index is 0.0120. The molecule has 24 heavy (non-hydrogen) atoms. The Morgan fingerprint density at radius 3 is 2.75 bits per heavy atom. The highest BCUT2D eigenvalue weighted by Crippen LogP contribution is 2.31. The predicted molar refractivity (Wildman–Crippen MR) is 95.7 cm³/mol. The van der Waals surface area contributed by atoms with Crippen molar-refractivity contribution < 1.29 is 9.59 Å². The van der Waals surface area contributed by atoms with E-state index in [1.165, 1.54) is 0 Å². The molecule has 3 N–H and O–H groups in total. The van der Waals surface area contributed by atoms with Crippen molar-refractivity contribution in [1.29, 1.82) is 0 Å². The summed E-state index contributed by atoms with van der Waals surface area (Å²) in [5.74, 6) is -0.0601. The van der Waals surface area contributed by atoms with E-state index in [0.29, 0.717) is 18.5 Å². The summed E-state index contributed by atoms with van der Waals surface area (Å²) in [4.78, 5) is 26.0. The van der Waals surface area contributed by atoms with E-state index in [0.717, 1.165) is 31.2 Å². The van der Waals surface area contributed by atoms with E-state index in [1.807, 2.05) is 31.2 Å². The Bertz CT molecular complexity index is 596. The second kappa shape index (κ2) is 7.79. The van der Waals surface area contributed by atoms with Crippen LogP contribution in [0.15, 0.2) is 24.3 Å². The molecule has 2 atom stereocenters. The molecule has 0 radical (unpaired) electrons. The monoisotopic (exact) mass is 331 g/mol. The summed E-state index contributed by atoms with van der Waals surface area (Å²) < 4.78 is 0. The first-order valence-electron chi connectivity index (χ1n) is 8.68. The molecule has 2 amide bonds. The number of hydrogen-bond donors (Lipinski definition) is 2. The summed E-state index contributed by atoms with van der Waals surface area (Å²) in [7, 11) is 3.48. The highest BCUT2D eigenvalue weighted by atomic mass is 16.2. The van der Waals surface area contributed by atoms with Gasteiger partial charge in [-0.3, -0.25) is 9.59 Å². The fourth-order valence-corrected chi connectivity index (χ4v) is 3.36. The van der Waals surface area contributed by atoms with Crippen LogP contribution in [0.5, 0.6) is 0 Å². The maximum atomic E-state index is 12.4. The van der Waals surface area contributed by atoms with Crippen molar-refractivity contribution in [3.63, 3.8) is 0 Å². The van der Waals surface area contributed by atoms with Crippen LogP contribution in [0.2, 0.25) is 0 Å². The van der Waals surface area contributed by atoms with E-state index in [-0.39, 0.29) is 17.7 Å². The van der Waals surface area contributed by atoms with Crippen LogP contribution in [0.1, 0.15) is 48.5 Å². The van der Waals surface area contributed by atoms with Crippen LogP contribution in [0.3, 0.4) is 0 Å². The van der Waals surface area contributed by atoms with E-state index < -0.39 is 5.54 Å². The minimum atomic E-state index is -0.402. The average Bonchev–Trinajstić information content (AvgIpc) is 2.53. The van der Waals surface area contributed by atoms with Gasteiger partial charge in [0.05, 0.1) is 5.92 Å². The van der Waals surface area contributed by atoms with Crippen molar-refractivity contribution in [2.75, 3.05) is 20.6 Å². The van der Waals surface area contributed by atoms with Crippen LogP contribution in [-0.2, 0) is 11.2 Å². The standard InChI is InChI=1S/C19H29N3O2/c1-19(20)11-5-4-9-16(19)17(23)21-12-10-14-7-6-8-15(13-14)18(24)22(2)3/h6-8,13,16H,4-5,9-12,20H2,1-3H3,(H,21,23). The Morgan fingerprint density at radius 1 is 1.33 bits per heavy atom. The summed E-state index contributed by atoms with van der Waals surface area (Å²) in [6, 6.07) is 7.56. The lowest BCUT2D eigenvalue weighted by Crippen LogP contribution is -2.53. The molecule has 5 heteroatoms. The number of hydrogen-bond acceptors (Lipinski definition) is 3. The molecule has 0 aromatic heterocycles. The maximum absolute atomic E-state index is 12.4. The third-order valence-electron chi connectivity index (χ3n) is 4.86. The molecule has 2 unspecified atom stereocenters. The van der Waals surface area contributed by atoms with Crippen molar-refractivity contribution in [1.82, 2.24) is 10.2 Å². The fraction of sp³-hybridized carbons (Fsp3) is 0.579. The van der Waals surface area contributed by atoms with Gasteiger partial charge in [0.15, 0.2) is 0 Å². The number of nitrogens with zero attached hydrogens (tertiary/aromatic N) is 1. The second-order valence-corrected chi connectivity index (χ2v) is 7.25. The number of carbonyl (C=O) groups is 2. The SMILES string of the molecule is CN(C)C(=O)c1cccc(CCNC(=O)C2CCCCC2(C)N)c1. The molecule has 2 rings (SSSR count). The third-order valence-corrected chi connectivity index (χ3v) is 4.86. The summed E-state index contributed by atoms with van der Waals surface area (Å²) in [5, 5.41) is 3.01. The van der Waals surface area contributed by atoms with Gasteiger partial charge >= 0.3 is 0 Å². The molecule has 0 heterocycles. The van der Waals surface area contributed by atoms with Gasteiger partial charge in [-0.1, -0.05) is 25.0 Å². The molecule has 0 bridgehead atoms. The van der Waals surface area contributed by atoms with Gasteiger partial charge < -0.3 is 16.0 Å². The van der Waals surface area contributed by atoms with Crippen LogP contribution < -0.4 is 11.1 Å². The van der Waals surface area contributed by atoms with E-state index in [2.05, 4.69) is 5.32 Å². The Kier molecular flexibility index (Phi) is 5.99. The van der Waals surface area contributed by atoms with Gasteiger partial charge in [0.1, 0.15) is 0 Å². The first kappa shape index (κ1) is 18.5. The van der Waals surface area contributed by atoms with E-state index in [1.54, 1.807) is 19.0 Å². The summed E-state index contributed by atoms with van der Waals surface area (Å²) in [6.07, 6.45) is 4.64. The van der Waals surface area contributed by atoms with E-state index in [4.69, 9.17) is 5.73 Å². The molecule has 0 saturated heterocycles. The molecule has 1 aliphatic carbocycles. The number of nitrogens with one attached hydrogen (secondary N) is 1. The smallest absolute Gasteiger partial charge is 0.253 e. The lowest BCUT2D eigenvalue weighted by Gasteiger charge is -2.37. The van der Waals surface area contributed by atoms with Gasteiger partial charge in [-0.15, -0.1) is 0 Å². The third kappa shape index (κ3) is 4.57. The van der Waals surface area contributed by atoms with Gasteiger partial charge in [-0.25, -0.2) is 0 Å². The zero-order chi connectivity index (χ0) is 17.7. The Balaban J connectivity index is 1.89. The Hall–Kier alpha value is -1.88. The summed E-state index contributed by atoms with van der Waals surface area (Å²) >= 11 is 0. The van der Waals surface area contributed by atoms with Gasteiger partial charge in [0.25, 0.3) is 5.91 Å². The fourth-order valence-electron chi connectivity index (χ4n) is 3.36. The number of nitrogens with two attached hydrogens (primary N) is 1. The highest BCUT2D eigenvalue weighted by Gasteiger charge is 2.37. The number of carbonyl (C=O) groups excluding carboxylic acids is 2. The first-order chi connectivity index (χ1) is 11.3.